The third-order valence-corrected chi connectivity index (χ3v) is 2.75. The molecule has 1 aromatic rings. The van der Waals surface area contributed by atoms with Gasteiger partial charge in [-0.25, -0.2) is 13.6 Å². The minimum absolute atomic E-state index is 0. The third kappa shape index (κ3) is 3.83. The first-order valence-electron chi connectivity index (χ1n) is 5.16. The van der Waals surface area contributed by atoms with Gasteiger partial charge in [-0.05, 0) is 19.1 Å². The Morgan fingerprint density at radius 1 is 1.40 bits per heavy atom. The number of carbonyl (C=O) groups excluding carboxylic acids is 1. The van der Waals surface area contributed by atoms with Gasteiger partial charge in [0.05, 0.1) is 6.61 Å². The van der Waals surface area contributed by atoms with Crippen LogP contribution in [0.1, 0.15) is 18.5 Å². The molecule has 20 heavy (non-hydrogen) atoms. The van der Waals surface area contributed by atoms with Gasteiger partial charge >= 0.3 is 11.9 Å². The number of hydrogen-bond donors (Lipinski definition) is 1. The number of esters is 1. The summed E-state index contributed by atoms with van der Waals surface area (Å²) in [5, 5.41) is 0. The van der Waals surface area contributed by atoms with E-state index in [1.807, 2.05) is 0 Å². The largest absolute Gasteiger partial charge is 0.462 e. The molecule has 0 amide bonds. The number of benzene rings is 1. The minimum atomic E-state index is -4.23. The summed E-state index contributed by atoms with van der Waals surface area (Å²) in [4.78, 5) is 11.1. The maximum Gasteiger partial charge on any atom is 0.379 e. The standard InChI is InChI=1S/C11H10BrF4NO2.ClH/c1-2-19-10(18)11(15,16)9(17)8-6(13)3-5(12)4-7(8)14;/h3-4,9H,2,17H2,1H3;1H/t9-;/m1./s1. The van der Waals surface area contributed by atoms with Crippen LogP contribution in [0.15, 0.2) is 16.6 Å². The molecule has 0 aliphatic heterocycles. The van der Waals surface area contributed by atoms with Gasteiger partial charge in [0, 0.05) is 10.0 Å². The lowest BCUT2D eigenvalue weighted by Crippen LogP contribution is -2.42. The molecule has 1 rings (SSSR count). The van der Waals surface area contributed by atoms with Gasteiger partial charge in [-0.15, -0.1) is 12.4 Å². The summed E-state index contributed by atoms with van der Waals surface area (Å²) in [5.41, 5.74) is 4.04. The van der Waals surface area contributed by atoms with Crippen molar-refractivity contribution in [3.8, 4) is 0 Å². The van der Waals surface area contributed by atoms with Gasteiger partial charge in [0.25, 0.3) is 0 Å². The van der Waals surface area contributed by atoms with E-state index in [-0.39, 0.29) is 23.5 Å². The Hall–Kier alpha value is -0.860. The van der Waals surface area contributed by atoms with Crippen LogP contribution in [0.4, 0.5) is 17.6 Å². The second-order valence-electron chi connectivity index (χ2n) is 3.60. The average Bonchev–Trinajstić information content (AvgIpc) is 2.27. The number of ether oxygens (including phenoxy) is 1. The van der Waals surface area contributed by atoms with Gasteiger partial charge < -0.3 is 10.5 Å². The third-order valence-electron chi connectivity index (χ3n) is 2.29. The van der Waals surface area contributed by atoms with E-state index in [4.69, 9.17) is 5.73 Å². The number of alkyl halides is 2. The first kappa shape index (κ1) is 19.1. The van der Waals surface area contributed by atoms with Crippen LogP contribution >= 0.6 is 28.3 Å². The second kappa shape index (κ2) is 7.24. The van der Waals surface area contributed by atoms with Gasteiger partial charge in [-0.3, -0.25) is 0 Å². The average molecular weight is 381 g/mol. The van der Waals surface area contributed by atoms with Crippen molar-refractivity contribution in [1.82, 2.24) is 0 Å². The van der Waals surface area contributed by atoms with Gasteiger partial charge in [0.2, 0.25) is 0 Å². The van der Waals surface area contributed by atoms with Crippen molar-refractivity contribution in [1.29, 1.82) is 0 Å². The Morgan fingerprint density at radius 2 is 1.85 bits per heavy atom. The summed E-state index contributed by atoms with van der Waals surface area (Å²) >= 11 is 2.80. The normalized spacial score (nSPS) is 12.6. The predicted octanol–water partition coefficient (Wildman–Crippen LogP) is 3.35. The highest BCUT2D eigenvalue weighted by Crippen LogP contribution is 2.34. The molecule has 0 fully saturated rings. The highest BCUT2D eigenvalue weighted by molar-refractivity contribution is 9.10. The van der Waals surface area contributed by atoms with Crippen molar-refractivity contribution in [2.75, 3.05) is 6.61 Å². The predicted molar refractivity (Wildman–Crippen MR) is 69.8 cm³/mol. The fourth-order valence-corrected chi connectivity index (χ4v) is 1.79. The van der Waals surface area contributed by atoms with Gasteiger partial charge in [-0.1, -0.05) is 15.9 Å². The maximum absolute atomic E-state index is 13.6. The molecule has 0 aliphatic carbocycles. The highest BCUT2D eigenvalue weighted by Gasteiger charge is 2.49. The van der Waals surface area contributed by atoms with Crippen LogP contribution in [-0.2, 0) is 9.53 Å². The van der Waals surface area contributed by atoms with Crippen LogP contribution in [-0.4, -0.2) is 18.5 Å². The molecule has 0 unspecified atom stereocenters. The van der Waals surface area contributed by atoms with Crippen molar-refractivity contribution in [2.45, 2.75) is 18.9 Å². The Labute approximate surface area is 127 Å². The van der Waals surface area contributed by atoms with E-state index in [1.165, 1.54) is 6.92 Å². The fourth-order valence-electron chi connectivity index (χ4n) is 1.39. The summed E-state index contributed by atoms with van der Waals surface area (Å²) in [5.74, 6) is -8.71. The van der Waals surface area contributed by atoms with Crippen molar-refractivity contribution in [3.05, 3.63) is 33.8 Å². The van der Waals surface area contributed by atoms with E-state index >= 15 is 0 Å². The first-order valence-corrected chi connectivity index (χ1v) is 5.96. The Bertz CT molecular complexity index is 478. The molecular weight excluding hydrogens is 369 g/mol. The maximum atomic E-state index is 13.6. The number of hydrogen-bond acceptors (Lipinski definition) is 3. The van der Waals surface area contributed by atoms with Crippen LogP contribution in [0.5, 0.6) is 0 Å². The Kier molecular flexibility index (Phi) is 6.92. The Balaban J connectivity index is 0.00000361. The lowest BCUT2D eigenvalue weighted by atomic mass is 10.0. The molecule has 0 saturated carbocycles. The van der Waals surface area contributed by atoms with E-state index in [0.717, 1.165) is 12.1 Å². The Morgan fingerprint density at radius 3 is 2.25 bits per heavy atom. The summed E-state index contributed by atoms with van der Waals surface area (Å²) in [6, 6.07) is -0.918. The van der Waals surface area contributed by atoms with Crippen molar-refractivity contribution >= 4 is 34.3 Å². The highest BCUT2D eigenvalue weighted by atomic mass is 79.9. The van der Waals surface area contributed by atoms with Crippen LogP contribution in [0.3, 0.4) is 0 Å². The topological polar surface area (TPSA) is 52.3 Å². The molecule has 2 N–H and O–H groups in total. The molecule has 3 nitrogen and oxygen atoms in total. The van der Waals surface area contributed by atoms with Crippen molar-refractivity contribution < 1.29 is 27.1 Å². The molecule has 1 aromatic carbocycles. The number of halogens is 6. The molecule has 0 saturated heterocycles. The van der Waals surface area contributed by atoms with Crippen molar-refractivity contribution in [3.63, 3.8) is 0 Å². The van der Waals surface area contributed by atoms with Crippen LogP contribution in [0.25, 0.3) is 0 Å². The smallest absolute Gasteiger partial charge is 0.379 e. The van der Waals surface area contributed by atoms with Crippen LogP contribution < -0.4 is 5.73 Å². The van der Waals surface area contributed by atoms with E-state index < -0.39 is 35.1 Å². The fraction of sp³-hybridized carbons (Fsp3) is 0.364. The zero-order valence-corrected chi connectivity index (χ0v) is 12.5. The second-order valence-corrected chi connectivity index (χ2v) is 4.52. The van der Waals surface area contributed by atoms with E-state index in [2.05, 4.69) is 20.7 Å². The molecule has 1 atom stereocenters. The molecule has 9 heteroatoms. The molecule has 0 spiro atoms. The summed E-state index contributed by atoms with van der Waals surface area (Å²) in [7, 11) is 0. The molecule has 0 aromatic heterocycles. The SMILES string of the molecule is CCOC(=O)C(F)(F)[C@H](N)c1c(F)cc(Br)cc1F.Cl. The molecule has 0 bridgehead atoms. The molecule has 114 valence electrons. The minimum Gasteiger partial charge on any atom is -0.462 e. The van der Waals surface area contributed by atoms with Crippen LogP contribution in [0, 0.1) is 11.6 Å². The lowest BCUT2D eigenvalue weighted by molar-refractivity contribution is -0.175. The van der Waals surface area contributed by atoms with Crippen molar-refractivity contribution in [2.24, 2.45) is 5.73 Å². The number of rotatable bonds is 4. The molecule has 0 aliphatic rings. The van der Waals surface area contributed by atoms with E-state index in [0.29, 0.717) is 0 Å². The number of carbonyl (C=O) groups is 1. The zero-order valence-electron chi connectivity index (χ0n) is 10.1. The van der Waals surface area contributed by atoms with Gasteiger partial charge in [0.15, 0.2) is 0 Å². The van der Waals surface area contributed by atoms with E-state index in [1.54, 1.807) is 0 Å². The van der Waals surface area contributed by atoms with E-state index in [9.17, 15) is 22.4 Å². The quantitative estimate of drug-likeness (QED) is 0.644. The monoisotopic (exact) mass is 379 g/mol. The summed E-state index contributed by atoms with van der Waals surface area (Å²) in [6.07, 6.45) is 0. The van der Waals surface area contributed by atoms with Gasteiger partial charge in [0.1, 0.15) is 17.7 Å². The van der Waals surface area contributed by atoms with Crippen LogP contribution in [0.2, 0.25) is 0 Å². The summed E-state index contributed by atoms with van der Waals surface area (Å²) < 4.78 is 58.4. The molecular formula is C11H11BrClF4NO2. The molecule has 0 radical (unpaired) electrons. The molecule has 0 heterocycles. The number of nitrogens with two attached hydrogens (primary N) is 1. The first-order chi connectivity index (χ1) is 8.71. The summed E-state index contributed by atoms with van der Waals surface area (Å²) in [6.45, 7) is 1.02. The van der Waals surface area contributed by atoms with Gasteiger partial charge in [-0.2, -0.15) is 8.78 Å². The zero-order chi connectivity index (χ0) is 14.8. The lowest BCUT2D eigenvalue weighted by Gasteiger charge is -2.22.